The molecule has 1 saturated carbocycles. The average Bonchev–Trinajstić information content (AvgIpc) is 3.61. The molecule has 1 atom stereocenters. The van der Waals surface area contributed by atoms with Crippen molar-refractivity contribution in [3.05, 3.63) is 53.1 Å². The van der Waals surface area contributed by atoms with Crippen molar-refractivity contribution >= 4 is 23.6 Å². The lowest BCUT2D eigenvalue weighted by atomic mass is 10.1. The first-order valence-corrected chi connectivity index (χ1v) is 11.9. The number of amides is 2. The fourth-order valence-electron chi connectivity index (χ4n) is 4.13. The number of aromatic nitrogens is 5. The standard InChI is InChI=1S/C24H31N9O/c1-15-12-21(28-22-13-16(2)30-31-22)29-23(26-15)32-8-10-33(11-9-32)24(34)27-17(3)19-6-7-20(25-14-19)18-4-5-18/h6-7,12-14,17-18H,4-5,8-11H2,1-3H3,(H,27,34)(H2,26,28,29,30,31)/t17-/m0/s1. The molecule has 34 heavy (non-hydrogen) atoms. The molecule has 5 rings (SSSR count). The summed E-state index contributed by atoms with van der Waals surface area (Å²) in [5.41, 5.74) is 4.03. The highest BCUT2D eigenvalue weighted by atomic mass is 16.2. The van der Waals surface area contributed by atoms with Gasteiger partial charge in [0, 0.05) is 67.5 Å². The third-order valence-electron chi connectivity index (χ3n) is 6.30. The van der Waals surface area contributed by atoms with Crippen LogP contribution in [0.5, 0.6) is 0 Å². The molecule has 1 aliphatic carbocycles. The van der Waals surface area contributed by atoms with Crippen LogP contribution in [-0.2, 0) is 0 Å². The fourth-order valence-corrected chi connectivity index (χ4v) is 4.13. The normalized spacial score (nSPS) is 16.9. The molecule has 178 valence electrons. The van der Waals surface area contributed by atoms with Gasteiger partial charge in [-0.3, -0.25) is 10.1 Å². The van der Waals surface area contributed by atoms with Gasteiger partial charge in [0.1, 0.15) is 5.82 Å². The van der Waals surface area contributed by atoms with Gasteiger partial charge in [-0.25, -0.2) is 9.78 Å². The number of hydrogen-bond acceptors (Lipinski definition) is 7. The number of urea groups is 1. The van der Waals surface area contributed by atoms with Crippen molar-refractivity contribution in [1.82, 2.24) is 35.4 Å². The third-order valence-corrected chi connectivity index (χ3v) is 6.30. The van der Waals surface area contributed by atoms with Gasteiger partial charge in [0.15, 0.2) is 5.82 Å². The number of carbonyl (C=O) groups is 1. The molecule has 3 aromatic rings. The van der Waals surface area contributed by atoms with Crippen LogP contribution < -0.4 is 15.5 Å². The fraction of sp³-hybridized carbons (Fsp3) is 0.458. The second-order valence-electron chi connectivity index (χ2n) is 9.19. The number of anilines is 3. The van der Waals surface area contributed by atoms with Crippen LogP contribution >= 0.6 is 0 Å². The van der Waals surface area contributed by atoms with Gasteiger partial charge in [-0.05, 0) is 45.2 Å². The number of pyridine rings is 1. The molecule has 2 aliphatic rings. The van der Waals surface area contributed by atoms with E-state index in [-0.39, 0.29) is 12.1 Å². The first kappa shape index (κ1) is 22.1. The van der Waals surface area contributed by atoms with Crippen LogP contribution in [0.4, 0.5) is 22.4 Å². The van der Waals surface area contributed by atoms with E-state index in [0.717, 1.165) is 28.5 Å². The SMILES string of the molecule is Cc1cc(Nc2cc(C)[nH]n2)nc(N2CCN(C(=O)N[C@@H](C)c3ccc(C4CC4)nc3)CC2)n1. The van der Waals surface area contributed by atoms with Gasteiger partial charge in [-0.15, -0.1) is 0 Å². The lowest BCUT2D eigenvalue weighted by Gasteiger charge is -2.35. The van der Waals surface area contributed by atoms with Crippen molar-refractivity contribution in [1.29, 1.82) is 0 Å². The van der Waals surface area contributed by atoms with E-state index < -0.39 is 0 Å². The Labute approximate surface area is 199 Å². The summed E-state index contributed by atoms with van der Waals surface area (Å²) in [6, 6.07) is 7.84. The molecule has 1 aliphatic heterocycles. The number of carbonyl (C=O) groups excluding carboxylic acids is 1. The highest BCUT2D eigenvalue weighted by Crippen LogP contribution is 2.38. The second-order valence-corrected chi connectivity index (χ2v) is 9.19. The lowest BCUT2D eigenvalue weighted by Crippen LogP contribution is -2.52. The number of piperazine rings is 1. The number of nitrogens with one attached hydrogen (secondary N) is 3. The Morgan fingerprint density at radius 2 is 1.88 bits per heavy atom. The largest absolute Gasteiger partial charge is 0.337 e. The topological polar surface area (TPSA) is 115 Å². The van der Waals surface area contributed by atoms with Crippen molar-refractivity contribution in [3.63, 3.8) is 0 Å². The van der Waals surface area contributed by atoms with E-state index in [1.165, 1.54) is 12.8 Å². The van der Waals surface area contributed by atoms with E-state index in [4.69, 9.17) is 0 Å². The molecule has 10 heteroatoms. The molecule has 1 saturated heterocycles. The first-order valence-electron chi connectivity index (χ1n) is 11.9. The zero-order valence-electron chi connectivity index (χ0n) is 19.9. The van der Waals surface area contributed by atoms with Crippen LogP contribution in [0.3, 0.4) is 0 Å². The molecule has 2 fully saturated rings. The summed E-state index contributed by atoms with van der Waals surface area (Å²) in [5, 5.41) is 13.5. The third kappa shape index (κ3) is 5.11. The maximum absolute atomic E-state index is 12.8. The average molecular weight is 462 g/mol. The Bertz CT molecular complexity index is 1150. The molecular weight excluding hydrogens is 430 g/mol. The predicted octanol–water partition coefficient (Wildman–Crippen LogP) is 3.43. The molecular formula is C24H31N9O. The highest BCUT2D eigenvalue weighted by molar-refractivity contribution is 5.75. The number of aromatic amines is 1. The number of hydrogen-bond donors (Lipinski definition) is 3. The Kier molecular flexibility index (Phi) is 6.04. The Morgan fingerprint density at radius 3 is 2.53 bits per heavy atom. The minimum atomic E-state index is -0.0919. The van der Waals surface area contributed by atoms with Gasteiger partial charge < -0.3 is 20.4 Å². The van der Waals surface area contributed by atoms with Crippen molar-refractivity contribution in [2.24, 2.45) is 0 Å². The van der Waals surface area contributed by atoms with E-state index in [9.17, 15) is 4.79 Å². The van der Waals surface area contributed by atoms with Gasteiger partial charge in [-0.1, -0.05) is 6.07 Å². The summed E-state index contributed by atoms with van der Waals surface area (Å²) < 4.78 is 0. The number of nitrogens with zero attached hydrogens (tertiary/aromatic N) is 6. The molecule has 0 spiro atoms. The van der Waals surface area contributed by atoms with E-state index in [0.29, 0.717) is 43.9 Å². The van der Waals surface area contributed by atoms with Gasteiger partial charge in [0.05, 0.1) is 6.04 Å². The molecule has 3 aromatic heterocycles. The zero-order valence-corrected chi connectivity index (χ0v) is 19.9. The molecule has 0 bridgehead atoms. The minimum absolute atomic E-state index is 0.0557. The summed E-state index contributed by atoms with van der Waals surface area (Å²) in [6.07, 6.45) is 4.36. The molecule has 0 unspecified atom stereocenters. The van der Waals surface area contributed by atoms with Crippen LogP contribution in [0.1, 0.15) is 54.4 Å². The minimum Gasteiger partial charge on any atom is -0.337 e. The van der Waals surface area contributed by atoms with Crippen LogP contribution in [0.2, 0.25) is 0 Å². The summed E-state index contributed by atoms with van der Waals surface area (Å²) in [4.78, 5) is 30.7. The molecule has 10 nitrogen and oxygen atoms in total. The van der Waals surface area contributed by atoms with Crippen molar-refractivity contribution < 1.29 is 4.79 Å². The summed E-state index contributed by atoms with van der Waals surface area (Å²) in [5.74, 6) is 2.71. The first-order chi connectivity index (χ1) is 16.4. The van der Waals surface area contributed by atoms with Crippen LogP contribution in [0.15, 0.2) is 30.5 Å². The summed E-state index contributed by atoms with van der Waals surface area (Å²) >= 11 is 0. The summed E-state index contributed by atoms with van der Waals surface area (Å²) in [7, 11) is 0. The van der Waals surface area contributed by atoms with E-state index in [2.05, 4.69) is 52.8 Å². The maximum atomic E-state index is 12.8. The predicted molar refractivity (Wildman–Crippen MR) is 130 cm³/mol. The molecule has 0 aromatic carbocycles. The van der Waals surface area contributed by atoms with Crippen molar-refractivity contribution in [2.75, 3.05) is 36.4 Å². The maximum Gasteiger partial charge on any atom is 0.317 e. The van der Waals surface area contributed by atoms with E-state index >= 15 is 0 Å². The van der Waals surface area contributed by atoms with Gasteiger partial charge >= 0.3 is 6.03 Å². The molecule has 3 N–H and O–H groups in total. The van der Waals surface area contributed by atoms with Gasteiger partial charge in [-0.2, -0.15) is 10.1 Å². The number of rotatable bonds is 6. The Morgan fingerprint density at radius 1 is 1.09 bits per heavy atom. The Hall–Kier alpha value is -3.69. The monoisotopic (exact) mass is 461 g/mol. The van der Waals surface area contributed by atoms with Crippen molar-refractivity contribution in [3.8, 4) is 0 Å². The number of H-pyrrole nitrogens is 1. The van der Waals surface area contributed by atoms with E-state index in [1.54, 1.807) is 0 Å². The van der Waals surface area contributed by atoms with Gasteiger partial charge in [0.2, 0.25) is 5.95 Å². The second kappa shape index (κ2) is 9.28. The molecule has 0 radical (unpaired) electrons. The van der Waals surface area contributed by atoms with Crippen molar-refractivity contribution in [2.45, 2.75) is 45.6 Å². The van der Waals surface area contributed by atoms with Gasteiger partial charge in [0.25, 0.3) is 0 Å². The summed E-state index contributed by atoms with van der Waals surface area (Å²) in [6.45, 7) is 8.45. The van der Waals surface area contributed by atoms with Crippen LogP contribution in [0.25, 0.3) is 0 Å². The lowest BCUT2D eigenvalue weighted by molar-refractivity contribution is 0.191. The molecule has 2 amide bonds. The van der Waals surface area contributed by atoms with Crippen LogP contribution in [-0.4, -0.2) is 62.3 Å². The Balaban J connectivity index is 1.16. The highest BCUT2D eigenvalue weighted by Gasteiger charge is 2.26. The number of aryl methyl sites for hydroxylation is 2. The van der Waals surface area contributed by atoms with E-state index in [1.807, 2.05) is 44.0 Å². The zero-order chi connectivity index (χ0) is 23.7. The van der Waals surface area contributed by atoms with Crippen LogP contribution in [0, 0.1) is 13.8 Å². The smallest absolute Gasteiger partial charge is 0.317 e. The quantitative estimate of drug-likeness (QED) is 0.515. The molecule has 4 heterocycles.